The number of hydrogen-bond donors (Lipinski definition) is 0. The van der Waals surface area contributed by atoms with Crippen LogP contribution in [0.5, 0.6) is 0 Å². The lowest BCUT2D eigenvalue weighted by Gasteiger charge is -2.15. The molecule has 0 aromatic carbocycles. The van der Waals surface area contributed by atoms with Crippen LogP contribution in [0.2, 0.25) is 0 Å². The van der Waals surface area contributed by atoms with Gasteiger partial charge in [-0.25, -0.2) is 0 Å². The van der Waals surface area contributed by atoms with E-state index >= 15 is 0 Å². The van der Waals surface area contributed by atoms with E-state index in [-0.39, 0.29) is 18.2 Å². The van der Waals surface area contributed by atoms with Crippen LogP contribution >= 0.6 is 0 Å². The van der Waals surface area contributed by atoms with E-state index in [0.29, 0.717) is 6.42 Å². The van der Waals surface area contributed by atoms with Gasteiger partial charge in [0, 0.05) is 6.42 Å². The zero-order valence-corrected chi connectivity index (χ0v) is 19.7. The van der Waals surface area contributed by atoms with E-state index in [9.17, 15) is 4.79 Å². The molecule has 0 radical (unpaired) electrons. The molecule has 1 saturated heterocycles. The number of carbonyl (C=O) groups is 1. The predicted molar refractivity (Wildman–Crippen MR) is 123 cm³/mol. The molecule has 0 N–H and O–H groups in total. The molecule has 1 heterocycles. The Bertz CT molecular complexity index is 365. The van der Waals surface area contributed by atoms with Gasteiger partial charge >= 0.3 is 5.97 Å². The lowest BCUT2D eigenvalue weighted by atomic mass is 10.0. The van der Waals surface area contributed by atoms with Crippen molar-refractivity contribution in [1.82, 2.24) is 0 Å². The molecule has 0 aromatic heterocycles. The first-order chi connectivity index (χ1) is 14.3. The number of epoxide rings is 1. The number of ether oxygens (including phenoxy) is 2. The van der Waals surface area contributed by atoms with Gasteiger partial charge in [0.05, 0.1) is 6.61 Å². The molecule has 0 amide bonds. The maximum atomic E-state index is 12.1. The second-order valence-corrected chi connectivity index (χ2v) is 9.10. The fourth-order valence-corrected chi connectivity index (χ4v) is 4.05. The van der Waals surface area contributed by atoms with Crippen molar-refractivity contribution in [2.75, 3.05) is 6.61 Å². The summed E-state index contributed by atoms with van der Waals surface area (Å²) in [7, 11) is 0. The van der Waals surface area contributed by atoms with Crippen LogP contribution in [0.3, 0.4) is 0 Å². The van der Waals surface area contributed by atoms with E-state index in [0.717, 1.165) is 32.3 Å². The summed E-state index contributed by atoms with van der Waals surface area (Å²) >= 11 is 0. The second-order valence-electron chi connectivity index (χ2n) is 9.10. The summed E-state index contributed by atoms with van der Waals surface area (Å²) in [6, 6.07) is 0. The molecule has 1 aliphatic rings. The Balaban J connectivity index is 1.82. The Morgan fingerprint density at radius 3 is 1.59 bits per heavy atom. The minimum absolute atomic E-state index is 0.00499. The molecule has 29 heavy (non-hydrogen) atoms. The van der Waals surface area contributed by atoms with Gasteiger partial charge in [-0.1, -0.05) is 117 Å². The van der Waals surface area contributed by atoms with E-state index in [4.69, 9.17) is 9.47 Å². The Morgan fingerprint density at radius 1 is 0.724 bits per heavy atom. The molecule has 3 heteroatoms. The molecule has 172 valence electrons. The van der Waals surface area contributed by atoms with Gasteiger partial charge in [-0.3, -0.25) is 4.79 Å². The van der Waals surface area contributed by atoms with Crippen LogP contribution in [0.15, 0.2) is 0 Å². The Morgan fingerprint density at radius 2 is 1.14 bits per heavy atom. The maximum absolute atomic E-state index is 12.1. The highest BCUT2D eigenvalue weighted by molar-refractivity contribution is 5.69. The smallest absolute Gasteiger partial charge is 0.306 e. The first kappa shape index (κ1) is 26.5. The summed E-state index contributed by atoms with van der Waals surface area (Å²) < 4.78 is 11.0. The topological polar surface area (TPSA) is 38.8 Å². The summed E-state index contributed by atoms with van der Waals surface area (Å²) in [6.45, 7) is 5.25. The largest absolute Gasteiger partial charge is 0.459 e. The predicted octanol–water partition coefficient (Wildman–Crippen LogP) is 8.14. The normalized spacial score (nSPS) is 16.7. The first-order valence-corrected chi connectivity index (χ1v) is 13.1. The van der Waals surface area contributed by atoms with Gasteiger partial charge in [0.2, 0.25) is 0 Å². The van der Waals surface area contributed by atoms with Crippen molar-refractivity contribution in [3.8, 4) is 0 Å². The molecule has 1 fully saturated rings. The number of hydrogen-bond acceptors (Lipinski definition) is 3. The molecule has 0 saturated carbocycles. The Kier molecular flexibility index (Phi) is 17.7. The highest BCUT2D eigenvalue weighted by Crippen LogP contribution is 2.23. The Labute approximate surface area is 181 Å². The van der Waals surface area contributed by atoms with Crippen molar-refractivity contribution in [3.05, 3.63) is 0 Å². The van der Waals surface area contributed by atoms with Gasteiger partial charge in [-0.15, -0.1) is 0 Å². The zero-order chi connectivity index (χ0) is 21.0. The maximum Gasteiger partial charge on any atom is 0.306 e. The van der Waals surface area contributed by atoms with Crippen LogP contribution in [-0.4, -0.2) is 24.8 Å². The van der Waals surface area contributed by atoms with Crippen LogP contribution in [-0.2, 0) is 14.3 Å². The highest BCUT2D eigenvalue weighted by atomic mass is 16.6. The minimum atomic E-state index is -0.0170. The molecular formula is C26H50O3. The average Bonchev–Trinajstić information content (AvgIpc) is 3.55. The van der Waals surface area contributed by atoms with E-state index in [1.165, 1.54) is 96.3 Å². The van der Waals surface area contributed by atoms with E-state index in [1.54, 1.807) is 0 Å². The van der Waals surface area contributed by atoms with Crippen molar-refractivity contribution < 1.29 is 14.3 Å². The van der Waals surface area contributed by atoms with Crippen LogP contribution in [0, 0.1) is 0 Å². The third-order valence-electron chi connectivity index (χ3n) is 6.13. The van der Waals surface area contributed by atoms with Gasteiger partial charge in [0.1, 0.15) is 12.2 Å². The van der Waals surface area contributed by atoms with Gasteiger partial charge in [0.15, 0.2) is 0 Å². The monoisotopic (exact) mass is 410 g/mol. The molecule has 1 rings (SSSR count). The molecule has 0 aliphatic carbocycles. The fraction of sp³-hybridized carbons (Fsp3) is 0.962. The number of carbonyl (C=O) groups excluding carboxylic acids is 1. The summed E-state index contributed by atoms with van der Waals surface area (Å²) in [5.74, 6) is -0.0170. The zero-order valence-electron chi connectivity index (χ0n) is 19.7. The summed E-state index contributed by atoms with van der Waals surface area (Å²) in [6.07, 6.45) is 25.5. The summed E-state index contributed by atoms with van der Waals surface area (Å²) in [5.41, 5.74) is 0. The molecule has 1 aliphatic heterocycles. The highest BCUT2D eigenvalue weighted by Gasteiger charge is 2.35. The summed E-state index contributed by atoms with van der Waals surface area (Å²) in [5, 5.41) is 0. The molecule has 2 unspecified atom stereocenters. The third kappa shape index (κ3) is 16.9. The van der Waals surface area contributed by atoms with Crippen LogP contribution in [0.1, 0.15) is 142 Å². The van der Waals surface area contributed by atoms with Crippen molar-refractivity contribution in [3.63, 3.8) is 0 Å². The number of rotatable bonds is 22. The van der Waals surface area contributed by atoms with Gasteiger partial charge in [0.25, 0.3) is 0 Å². The van der Waals surface area contributed by atoms with Crippen LogP contribution < -0.4 is 0 Å². The molecule has 0 aromatic rings. The molecule has 2 atom stereocenters. The minimum Gasteiger partial charge on any atom is -0.459 e. The van der Waals surface area contributed by atoms with Gasteiger partial charge < -0.3 is 9.47 Å². The van der Waals surface area contributed by atoms with E-state index in [2.05, 4.69) is 13.8 Å². The second kappa shape index (κ2) is 19.4. The van der Waals surface area contributed by atoms with E-state index in [1.807, 2.05) is 0 Å². The molecular weight excluding hydrogens is 360 g/mol. The SMILES string of the molecule is CCCCCCCCCCCCCCCCCC(=O)OC(CCCCC)C1CO1. The van der Waals surface area contributed by atoms with Crippen LogP contribution in [0.25, 0.3) is 0 Å². The number of esters is 1. The fourth-order valence-electron chi connectivity index (χ4n) is 4.05. The van der Waals surface area contributed by atoms with Crippen LogP contribution in [0.4, 0.5) is 0 Å². The van der Waals surface area contributed by atoms with Crippen molar-refractivity contribution >= 4 is 5.97 Å². The van der Waals surface area contributed by atoms with E-state index < -0.39 is 0 Å². The van der Waals surface area contributed by atoms with Crippen molar-refractivity contribution in [2.45, 2.75) is 154 Å². The lowest BCUT2D eigenvalue weighted by Crippen LogP contribution is -2.23. The lowest BCUT2D eigenvalue weighted by molar-refractivity contribution is -0.150. The van der Waals surface area contributed by atoms with Crippen molar-refractivity contribution in [2.24, 2.45) is 0 Å². The first-order valence-electron chi connectivity index (χ1n) is 13.1. The van der Waals surface area contributed by atoms with Gasteiger partial charge in [-0.2, -0.15) is 0 Å². The summed E-state index contributed by atoms with van der Waals surface area (Å²) in [4.78, 5) is 12.1. The third-order valence-corrected chi connectivity index (χ3v) is 6.13. The average molecular weight is 411 g/mol. The quantitative estimate of drug-likeness (QED) is 0.103. The Hall–Kier alpha value is -0.570. The standard InChI is InChI=1S/C26H50O3/c1-3-5-7-8-9-10-11-12-13-14-15-16-17-18-20-22-26(27)29-24(25-23-28-25)21-19-6-4-2/h24-25H,3-23H2,1-2H3. The molecule has 0 bridgehead atoms. The molecule has 3 nitrogen and oxygen atoms in total. The van der Waals surface area contributed by atoms with Gasteiger partial charge in [-0.05, 0) is 19.3 Å². The number of unbranched alkanes of at least 4 members (excludes halogenated alkanes) is 16. The molecule has 0 spiro atoms. The van der Waals surface area contributed by atoms with Crippen molar-refractivity contribution in [1.29, 1.82) is 0 Å².